The SMILES string of the molecule is CC(C)(C)OC(=O)NCCOc1ccc2c(c1)C(S(=O)(=O)c1ccccc1)CS2(O)O. The first kappa shape index (κ1) is 23.4. The molecule has 0 aliphatic carbocycles. The van der Waals surface area contributed by atoms with Crippen LogP contribution in [0, 0.1) is 0 Å². The number of benzene rings is 2. The molecule has 3 rings (SSSR count). The van der Waals surface area contributed by atoms with E-state index >= 15 is 0 Å². The molecule has 1 unspecified atom stereocenters. The van der Waals surface area contributed by atoms with Gasteiger partial charge < -0.3 is 14.8 Å². The minimum absolute atomic E-state index is 0.121. The quantitative estimate of drug-likeness (QED) is 0.541. The summed E-state index contributed by atoms with van der Waals surface area (Å²) < 4.78 is 58.0. The van der Waals surface area contributed by atoms with Crippen LogP contribution in [0.3, 0.4) is 0 Å². The largest absolute Gasteiger partial charge is 0.492 e. The van der Waals surface area contributed by atoms with Gasteiger partial charge in [0.15, 0.2) is 9.84 Å². The number of hydrogen-bond acceptors (Lipinski definition) is 7. The van der Waals surface area contributed by atoms with Gasteiger partial charge in [-0.25, -0.2) is 13.2 Å². The molecule has 1 atom stereocenters. The molecule has 1 heterocycles. The standard InChI is InChI=1S/C21H27NO7S2/c1-21(2,3)29-20(23)22-11-12-28-15-9-10-18-17(13-15)19(14-30(18,24)25)31(26,27)16-7-5-4-6-8-16/h4-10,13,19,24-25H,11-12,14H2,1-3H3,(H,22,23). The molecule has 0 saturated heterocycles. The predicted octanol–water partition coefficient (Wildman–Crippen LogP) is 4.23. The van der Waals surface area contributed by atoms with Crippen molar-refractivity contribution >= 4 is 26.5 Å². The van der Waals surface area contributed by atoms with Gasteiger partial charge in [0.1, 0.15) is 23.2 Å². The lowest BCUT2D eigenvalue weighted by atomic mass is 10.1. The van der Waals surface area contributed by atoms with E-state index in [1.54, 1.807) is 45.0 Å². The first-order valence-electron chi connectivity index (χ1n) is 9.69. The topological polar surface area (TPSA) is 122 Å². The van der Waals surface area contributed by atoms with Crippen LogP contribution >= 0.6 is 10.6 Å². The summed E-state index contributed by atoms with van der Waals surface area (Å²) in [7, 11) is -7.05. The summed E-state index contributed by atoms with van der Waals surface area (Å²) in [5, 5.41) is 1.49. The number of alkyl carbamates (subject to hydrolysis) is 1. The van der Waals surface area contributed by atoms with Gasteiger partial charge in [0.05, 0.1) is 22.1 Å². The molecule has 170 valence electrons. The number of sulfone groups is 1. The summed E-state index contributed by atoms with van der Waals surface area (Å²) in [6, 6.07) is 12.5. The Hall–Kier alpha value is -2.27. The van der Waals surface area contributed by atoms with Crippen molar-refractivity contribution in [3.63, 3.8) is 0 Å². The third-order valence-corrected chi connectivity index (χ3v) is 8.73. The Labute approximate surface area is 183 Å². The Morgan fingerprint density at radius 1 is 1.16 bits per heavy atom. The average molecular weight is 470 g/mol. The molecule has 2 aromatic rings. The fraction of sp³-hybridized carbons (Fsp3) is 0.381. The maximum atomic E-state index is 13.1. The maximum Gasteiger partial charge on any atom is 0.407 e. The summed E-state index contributed by atoms with van der Waals surface area (Å²) in [6.07, 6.45) is -0.562. The van der Waals surface area contributed by atoms with Crippen molar-refractivity contribution in [3.05, 3.63) is 54.1 Å². The van der Waals surface area contributed by atoms with Crippen molar-refractivity contribution in [2.24, 2.45) is 0 Å². The fourth-order valence-electron chi connectivity index (χ4n) is 3.22. The van der Waals surface area contributed by atoms with Crippen LogP contribution in [0.15, 0.2) is 58.3 Å². The van der Waals surface area contributed by atoms with Crippen molar-refractivity contribution in [1.29, 1.82) is 0 Å². The van der Waals surface area contributed by atoms with Gasteiger partial charge in [0, 0.05) is 0 Å². The minimum Gasteiger partial charge on any atom is -0.492 e. The van der Waals surface area contributed by atoms with Crippen LogP contribution < -0.4 is 10.1 Å². The van der Waals surface area contributed by atoms with Crippen molar-refractivity contribution < 1.29 is 31.8 Å². The molecule has 0 spiro atoms. The lowest BCUT2D eigenvalue weighted by Gasteiger charge is -2.27. The Morgan fingerprint density at radius 2 is 1.84 bits per heavy atom. The van der Waals surface area contributed by atoms with E-state index in [1.807, 2.05) is 0 Å². The number of rotatable bonds is 6. The van der Waals surface area contributed by atoms with Gasteiger partial charge in [-0.2, -0.15) is 10.6 Å². The van der Waals surface area contributed by atoms with E-state index in [2.05, 4.69) is 5.32 Å². The first-order chi connectivity index (χ1) is 14.4. The van der Waals surface area contributed by atoms with Crippen molar-refractivity contribution in [2.45, 2.75) is 41.4 Å². The Balaban J connectivity index is 1.74. The van der Waals surface area contributed by atoms with E-state index in [-0.39, 0.29) is 28.7 Å². The van der Waals surface area contributed by atoms with Crippen LogP contribution in [-0.2, 0) is 14.6 Å². The van der Waals surface area contributed by atoms with E-state index in [0.29, 0.717) is 11.3 Å². The molecule has 1 amide bonds. The number of fused-ring (bicyclic) bond motifs is 1. The van der Waals surface area contributed by atoms with Crippen LogP contribution in [0.25, 0.3) is 0 Å². The summed E-state index contributed by atoms with van der Waals surface area (Å²) >= 11 is 0. The minimum atomic E-state index is -3.82. The highest BCUT2D eigenvalue weighted by Gasteiger charge is 2.43. The molecule has 8 nitrogen and oxygen atoms in total. The van der Waals surface area contributed by atoms with Crippen LogP contribution in [0.2, 0.25) is 0 Å². The van der Waals surface area contributed by atoms with Gasteiger partial charge in [-0.1, -0.05) is 18.2 Å². The fourth-order valence-corrected chi connectivity index (χ4v) is 7.62. The number of carbonyl (C=O) groups excluding carboxylic acids is 1. The van der Waals surface area contributed by atoms with Crippen molar-refractivity contribution in [3.8, 4) is 5.75 Å². The number of amides is 1. The molecule has 0 radical (unpaired) electrons. The van der Waals surface area contributed by atoms with Crippen LogP contribution in [0.4, 0.5) is 4.79 Å². The molecular formula is C21H27NO7S2. The zero-order valence-corrected chi connectivity index (χ0v) is 19.2. The normalized spacial score (nSPS) is 18.7. The van der Waals surface area contributed by atoms with E-state index in [0.717, 1.165) is 0 Å². The molecule has 10 heteroatoms. The molecule has 1 aliphatic heterocycles. The monoisotopic (exact) mass is 469 g/mol. The highest BCUT2D eigenvalue weighted by Crippen LogP contribution is 2.61. The highest BCUT2D eigenvalue weighted by molar-refractivity contribution is 8.25. The third-order valence-electron chi connectivity index (χ3n) is 4.55. The molecule has 2 aromatic carbocycles. The lowest BCUT2D eigenvalue weighted by molar-refractivity contribution is 0.0520. The van der Waals surface area contributed by atoms with Gasteiger partial charge in [0.2, 0.25) is 0 Å². The molecular weight excluding hydrogens is 442 g/mol. The van der Waals surface area contributed by atoms with Gasteiger partial charge in [-0.3, -0.25) is 9.11 Å². The van der Waals surface area contributed by atoms with Gasteiger partial charge in [-0.15, -0.1) is 0 Å². The zero-order chi connectivity index (χ0) is 22.9. The van der Waals surface area contributed by atoms with Gasteiger partial charge in [-0.05, 0) is 56.7 Å². The Bertz CT molecular complexity index is 1050. The van der Waals surface area contributed by atoms with E-state index < -0.39 is 37.4 Å². The third kappa shape index (κ3) is 5.51. The molecule has 0 bridgehead atoms. The van der Waals surface area contributed by atoms with Crippen molar-refractivity contribution in [2.75, 3.05) is 18.9 Å². The average Bonchev–Trinajstić information content (AvgIpc) is 2.96. The predicted molar refractivity (Wildman–Crippen MR) is 119 cm³/mol. The second-order valence-corrected chi connectivity index (χ2v) is 12.4. The van der Waals surface area contributed by atoms with Gasteiger partial charge in [0.25, 0.3) is 0 Å². The number of nitrogens with one attached hydrogen (secondary N) is 1. The van der Waals surface area contributed by atoms with Gasteiger partial charge >= 0.3 is 6.09 Å². The number of carbonyl (C=O) groups is 1. The van der Waals surface area contributed by atoms with Crippen molar-refractivity contribution in [1.82, 2.24) is 5.32 Å². The lowest BCUT2D eigenvalue weighted by Crippen LogP contribution is -2.34. The molecule has 0 saturated carbocycles. The van der Waals surface area contributed by atoms with E-state index in [1.165, 1.54) is 24.3 Å². The molecule has 0 aromatic heterocycles. The Morgan fingerprint density at radius 3 is 2.48 bits per heavy atom. The maximum absolute atomic E-state index is 13.1. The summed E-state index contributed by atoms with van der Waals surface area (Å²) in [4.78, 5) is 12.0. The number of ether oxygens (including phenoxy) is 2. The molecule has 1 aliphatic rings. The van der Waals surface area contributed by atoms with Crippen LogP contribution in [0.5, 0.6) is 5.75 Å². The summed E-state index contributed by atoms with van der Waals surface area (Å²) in [5.74, 6) is 0.0820. The first-order valence-corrected chi connectivity index (χ1v) is 12.9. The summed E-state index contributed by atoms with van der Waals surface area (Å²) in [5.41, 5.74) is -0.283. The highest BCUT2D eigenvalue weighted by atomic mass is 32.3. The second kappa shape index (κ2) is 8.70. The zero-order valence-electron chi connectivity index (χ0n) is 17.6. The molecule has 0 fully saturated rings. The smallest absolute Gasteiger partial charge is 0.407 e. The Kier molecular flexibility index (Phi) is 6.56. The van der Waals surface area contributed by atoms with Crippen LogP contribution in [0.1, 0.15) is 31.6 Å². The van der Waals surface area contributed by atoms with E-state index in [4.69, 9.17) is 9.47 Å². The second-order valence-electron chi connectivity index (χ2n) is 8.16. The molecule has 31 heavy (non-hydrogen) atoms. The van der Waals surface area contributed by atoms with E-state index in [9.17, 15) is 22.3 Å². The summed E-state index contributed by atoms with van der Waals surface area (Å²) in [6.45, 7) is 5.60. The molecule has 3 N–H and O–H groups in total. The van der Waals surface area contributed by atoms with Crippen LogP contribution in [-0.4, -0.2) is 48.1 Å². The number of hydrogen-bond donors (Lipinski definition) is 3.